The number of aromatic nitrogens is 1. The van der Waals surface area contributed by atoms with Gasteiger partial charge in [0.2, 0.25) is 0 Å². The summed E-state index contributed by atoms with van der Waals surface area (Å²) in [6, 6.07) is 4.92. The zero-order valence-electron chi connectivity index (χ0n) is 8.66. The molecule has 16 heavy (non-hydrogen) atoms. The van der Waals surface area contributed by atoms with Crippen LogP contribution in [-0.2, 0) is 6.42 Å². The summed E-state index contributed by atoms with van der Waals surface area (Å²) in [4.78, 5) is 5.47. The molecule has 4 heteroatoms. The number of nitrogens with two attached hydrogens (primary N) is 1. The monoisotopic (exact) mass is 234 g/mol. The maximum Gasteiger partial charge on any atom is 0.134 e. The van der Waals surface area contributed by atoms with Crippen molar-refractivity contribution < 1.29 is 4.39 Å². The van der Waals surface area contributed by atoms with Gasteiger partial charge in [0, 0.05) is 0 Å². The fraction of sp³-hybridized carbons (Fsp3) is 0.250. The number of thioether (sulfide) groups is 1. The van der Waals surface area contributed by atoms with Gasteiger partial charge >= 0.3 is 0 Å². The summed E-state index contributed by atoms with van der Waals surface area (Å²) in [6.45, 7) is 0. The van der Waals surface area contributed by atoms with Crippen molar-refractivity contribution in [2.24, 2.45) is 0 Å². The van der Waals surface area contributed by atoms with Crippen LogP contribution in [-0.4, -0.2) is 10.7 Å². The molecular weight excluding hydrogens is 223 g/mol. The molecule has 2 aromatic rings. The van der Waals surface area contributed by atoms with Crippen molar-refractivity contribution in [1.29, 1.82) is 0 Å². The molecule has 0 saturated carbocycles. The molecule has 82 valence electrons. The Hall–Kier alpha value is -1.29. The third-order valence-electron chi connectivity index (χ3n) is 2.83. The van der Waals surface area contributed by atoms with Crippen molar-refractivity contribution in [2.75, 3.05) is 11.5 Å². The summed E-state index contributed by atoms with van der Waals surface area (Å²) in [6.07, 6.45) is 2.06. The van der Waals surface area contributed by atoms with Crippen LogP contribution in [0.15, 0.2) is 23.1 Å². The Morgan fingerprint density at radius 1 is 1.38 bits per heavy atom. The van der Waals surface area contributed by atoms with E-state index in [0.717, 1.165) is 29.2 Å². The van der Waals surface area contributed by atoms with E-state index in [2.05, 4.69) is 4.98 Å². The van der Waals surface area contributed by atoms with Gasteiger partial charge in [0.15, 0.2) is 0 Å². The molecule has 0 unspecified atom stereocenters. The molecule has 2 heterocycles. The first-order valence-electron chi connectivity index (χ1n) is 5.27. The van der Waals surface area contributed by atoms with Crippen molar-refractivity contribution in [3.05, 3.63) is 29.7 Å². The van der Waals surface area contributed by atoms with Gasteiger partial charge in [0.05, 0.1) is 27.2 Å². The second-order valence-corrected chi connectivity index (χ2v) is 4.99. The Balaban J connectivity index is 2.40. The molecule has 1 aliphatic rings. The van der Waals surface area contributed by atoms with Crippen LogP contribution in [0.2, 0.25) is 0 Å². The molecule has 0 fully saturated rings. The number of hydrogen-bond donors (Lipinski definition) is 1. The fourth-order valence-corrected chi connectivity index (χ4v) is 3.15. The average Bonchev–Trinajstić information content (AvgIpc) is 2.29. The molecule has 0 aliphatic carbocycles. The lowest BCUT2D eigenvalue weighted by Gasteiger charge is -2.17. The molecular formula is C12H11FN2S. The molecule has 0 saturated heterocycles. The van der Waals surface area contributed by atoms with E-state index in [-0.39, 0.29) is 5.82 Å². The Kier molecular flexibility index (Phi) is 2.24. The van der Waals surface area contributed by atoms with E-state index in [1.54, 1.807) is 17.8 Å². The van der Waals surface area contributed by atoms with Crippen LogP contribution in [0, 0.1) is 5.82 Å². The lowest BCUT2D eigenvalue weighted by Crippen LogP contribution is -2.06. The van der Waals surface area contributed by atoms with Crippen LogP contribution in [0.1, 0.15) is 12.1 Å². The Morgan fingerprint density at radius 3 is 3.12 bits per heavy atom. The number of rotatable bonds is 0. The number of anilines is 1. The molecule has 3 rings (SSSR count). The fourth-order valence-electron chi connectivity index (χ4n) is 2.08. The minimum Gasteiger partial charge on any atom is -0.397 e. The van der Waals surface area contributed by atoms with Gasteiger partial charge in [-0.1, -0.05) is 6.07 Å². The van der Waals surface area contributed by atoms with Gasteiger partial charge in [-0.15, -0.1) is 11.8 Å². The van der Waals surface area contributed by atoms with E-state index >= 15 is 0 Å². The van der Waals surface area contributed by atoms with E-state index in [1.165, 1.54) is 6.07 Å². The van der Waals surface area contributed by atoms with E-state index in [1.807, 2.05) is 6.07 Å². The summed E-state index contributed by atoms with van der Waals surface area (Å²) in [5.74, 6) is 0.759. The molecule has 1 aliphatic heterocycles. The van der Waals surface area contributed by atoms with Crippen molar-refractivity contribution in [3.63, 3.8) is 0 Å². The van der Waals surface area contributed by atoms with Crippen LogP contribution in [0.3, 0.4) is 0 Å². The maximum absolute atomic E-state index is 13.7. The number of halogens is 1. The van der Waals surface area contributed by atoms with Gasteiger partial charge in [-0.3, -0.25) is 4.98 Å². The third-order valence-corrected chi connectivity index (χ3v) is 4.06. The van der Waals surface area contributed by atoms with Crippen LogP contribution >= 0.6 is 11.8 Å². The van der Waals surface area contributed by atoms with Crippen molar-refractivity contribution in [2.45, 2.75) is 17.7 Å². The van der Waals surface area contributed by atoms with Crippen molar-refractivity contribution in [1.82, 2.24) is 4.98 Å². The quantitative estimate of drug-likeness (QED) is 0.761. The highest BCUT2D eigenvalue weighted by atomic mass is 32.2. The molecule has 0 spiro atoms. The standard InChI is InChI=1S/C12H11FN2S/c13-7-3-1-4-8-10(7)11(14)12-9(15-8)5-2-6-16-12/h1,3-4H,2,5-6H2,(H2,14,15). The van der Waals surface area contributed by atoms with Gasteiger partial charge in [-0.25, -0.2) is 4.39 Å². The predicted octanol–water partition coefficient (Wildman–Crippen LogP) is 2.99. The molecule has 0 bridgehead atoms. The van der Waals surface area contributed by atoms with E-state index < -0.39 is 0 Å². The lowest BCUT2D eigenvalue weighted by atomic mass is 10.1. The zero-order chi connectivity index (χ0) is 11.1. The summed E-state index contributed by atoms with van der Waals surface area (Å²) >= 11 is 1.68. The summed E-state index contributed by atoms with van der Waals surface area (Å²) in [5.41, 5.74) is 8.28. The first-order chi connectivity index (χ1) is 7.77. The average molecular weight is 234 g/mol. The first kappa shape index (κ1) is 9.90. The number of pyridine rings is 1. The Morgan fingerprint density at radius 2 is 2.25 bits per heavy atom. The molecule has 2 nitrogen and oxygen atoms in total. The highest BCUT2D eigenvalue weighted by Crippen LogP contribution is 2.38. The van der Waals surface area contributed by atoms with E-state index in [0.29, 0.717) is 16.6 Å². The SMILES string of the molecule is Nc1c2c(nc3cccc(F)c13)CCCS2. The second kappa shape index (κ2) is 3.63. The largest absolute Gasteiger partial charge is 0.397 e. The number of nitrogen functional groups attached to an aromatic ring is 1. The minimum atomic E-state index is -0.281. The molecule has 1 aromatic carbocycles. The van der Waals surface area contributed by atoms with Gasteiger partial charge in [-0.2, -0.15) is 0 Å². The number of nitrogens with zero attached hydrogens (tertiary/aromatic N) is 1. The van der Waals surface area contributed by atoms with Gasteiger partial charge in [0.1, 0.15) is 5.82 Å². The molecule has 0 amide bonds. The van der Waals surface area contributed by atoms with Crippen LogP contribution < -0.4 is 5.73 Å². The number of fused-ring (bicyclic) bond motifs is 2. The Bertz CT molecular complexity index is 568. The van der Waals surface area contributed by atoms with Crippen molar-refractivity contribution >= 4 is 28.4 Å². The summed E-state index contributed by atoms with van der Waals surface area (Å²) < 4.78 is 13.7. The van der Waals surface area contributed by atoms with Gasteiger partial charge in [0.25, 0.3) is 0 Å². The maximum atomic E-state index is 13.7. The molecule has 0 radical (unpaired) electrons. The third kappa shape index (κ3) is 1.37. The van der Waals surface area contributed by atoms with E-state index in [4.69, 9.17) is 5.73 Å². The zero-order valence-corrected chi connectivity index (χ0v) is 9.48. The number of hydrogen-bond acceptors (Lipinski definition) is 3. The topological polar surface area (TPSA) is 38.9 Å². The van der Waals surface area contributed by atoms with Crippen LogP contribution in [0.5, 0.6) is 0 Å². The lowest BCUT2D eigenvalue weighted by molar-refractivity contribution is 0.639. The van der Waals surface area contributed by atoms with E-state index in [9.17, 15) is 4.39 Å². The van der Waals surface area contributed by atoms with Gasteiger partial charge in [-0.05, 0) is 30.7 Å². The van der Waals surface area contributed by atoms with Crippen LogP contribution in [0.4, 0.5) is 10.1 Å². The highest BCUT2D eigenvalue weighted by molar-refractivity contribution is 7.99. The normalized spacial score (nSPS) is 15.1. The minimum absolute atomic E-state index is 0.281. The Labute approximate surface area is 97.1 Å². The van der Waals surface area contributed by atoms with Crippen molar-refractivity contribution in [3.8, 4) is 0 Å². The smallest absolute Gasteiger partial charge is 0.134 e. The summed E-state index contributed by atoms with van der Waals surface area (Å²) in [7, 11) is 0. The molecule has 1 aromatic heterocycles. The highest BCUT2D eigenvalue weighted by Gasteiger charge is 2.18. The summed E-state index contributed by atoms with van der Waals surface area (Å²) in [5, 5.41) is 0.468. The first-order valence-corrected chi connectivity index (χ1v) is 6.25. The van der Waals surface area contributed by atoms with Crippen LogP contribution in [0.25, 0.3) is 10.9 Å². The second-order valence-electron chi connectivity index (χ2n) is 3.89. The predicted molar refractivity (Wildman–Crippen MR) is 65.2 cm³/mol. The molecule has 0 atom stereocenters. The van der Waals surface area contributed by atoms with Gasteiger partial charge < -0.3 is 5.73 Å². The number of aryl methyl sites for hydroxylation is 1. The number of benzene rings is 1. The molecule has 2 N–H and O–H groups in total.